The van der Waals surface area contributed by atoms with Crippen molar-refractivity contribution in [1.82, 2.24) is 4.57 Å². The van der Waals surface area contributed by atoms with Gasteiger partial charge in [-0.25, -0.2) is 0 Å². The Morgan fingerprint density at radius 2 is 0.560 bits per heavy atom. The Kier molecular flexibility index (Phi) is 13.7. The predicted octanol–water partition coefficient (Wildman–Crippen LogP) is 21.4. The van der Waals surface area contributed by atoms with Crippen molar-refractivity contribution < 1.29 is 0 Å². The lowest BCUT2D eigenvalue weighted by molar-refractivity contribution is 0.795. The first kappa shape index (κ1) is 48.2. The maximum absolute atomic E-state index is 2.59. The Morgan fingerprint density at radius 1 is 0.267 bits per heavy atom. The van der Waals surface area contributed by atoms with Crippen LogP contribution in [0, 0.1) is 0 Å². The number of para-hydroxylation sites is 1. The molecule has 0 atom stereocenters. The third kappa shape index (κ3) is 9.01. The molecule has 370 valence electrons. The van der Waals surface area contributed by atoms with Crippen LogP contribution in [0.3, 0.4) is 0 Å². The molecule has 11 aromatic carbocycles. The second-order valence-electron chi connectivity index (χ2n) is 21.3. The second-order valence-corrected chi connectivity index (χ2v) is 21.3. The molecule has 0 saturated heterocycles. The topological polar surface area (TPSA) is 4.93 Å². The third-order valence-corrected chi connectivity index (χ3v) is 16.3. The molecule has 0 saturated carbocycles. The van der Waals surface area contributed by atoms with Gasteiger partial charge < -0.3 is 4.57 Å². The van der Waals surface area contributed by atoms with E-state index in [2.05, 4.69) is 232 Å². The van der Waals surface area contributed by atoms with Crippen LogP contribution < -0.4 is 0 Å². The molecule has 0 aliphatic rings. The molecule has 0 aliphatic carbocycles. The molecular formula is C74H69N. The summed E-state index contributed by atoms with van der Waals surface area (Å²) in [5.41, 5.74) is 19.3. The lowest BCUT2D eigenvalue weighted by Crippen LogP contribution is -1.96. The zero-order valence-electron chi connectivity index (χ0n) is 44.5. The Labute approximate surface area is 444 Å². The number of benzene rings is 11. The smallest absolute Gasteiger partial charge is 0.0554 e. The fraction of sp³-hybridized carbons (Fsp3) is 0.216. The van der Waals surface area contributed by atoms with Crippen LogP contribution in [-0.2, 0) is 25.7 Å². The highest BCUT2D eigenvalue weighted by Gasteiger charge is 2.26. The minimum Gasteiger partial charge on any atom is -0.309 e. The van der Waals surface area contributed by atoms with E-state index in [1.54, 1.807) is 0 Å². The van der Waals surface area contributed by atoms with Gasteiger partial charge in [-0.15, -0.1) is 0 Å². The van der Waals surface area contributed by atoms with Gasteiger partial charge in [0.2, 0.25) is 0 Å². The van der Waals surface area contributed by atoms with Crippen molar-refractivity contribution in [3.63, 3.8) is 0 Å². The maximum atomic E-state index is 2.59. The van der Waals surface area contributed by atoms with Gasteiger partial charge >= 0.3 is 0 Å². The molecule has 1 aromatic heterocycles. The largest absolute Gasteiger partial charge is 0.309 e. The van der Waals surface area contributed by atoms with Gasteiger partial charge in [-0.05, 0) is 187 Å². The van der Waals surface area contributed by atoms with Crippen LogP contribution in [0.5, 0.6) is 0 Å². The Bertz CT molecular complexity index is 3740. The van der Waals surface area contributed by atoms with Crippen LogP contribution >= 0.6 is 0 Å². The average Bonchev–Trinajstić information content (AvgIpc) is 4.01. The van der Waals surface area contributed by atoms with E-state index in [0.717, 1.165) is 31.4 Å². The Hall–Kier alpha value is -7.74. The van der Waals surface area contributed by atoms with Crippen molar-refractivity contribution in [2.75, 3.05) is 0 Å². The highest BCUT2D eigenvalue weighted by atomic mass is 15.0. The maximum Gasteiger partial charge on any atom is 0.0554 e. The number of aromatic nitrogens is 1. The summed E-state index contributed by atoms with van der Waals surface area (Å²) in [7, 11) is 0. The number of nitrogens with zero attached hydrogens (tertiary/aromatic N) is 1. The lowest BCUT2D eigenvalue weighted by Gasteiger charge is -2.18. The first-order chi connectivity index (χ1) is 37.0. The molecule has 0 radical (unpaired) electrons. The van der Waals surface area contributed by atoms with E-state index in [4.69, 9.17) is 0 Å². The van der Waals surface area contributed by atoms with Crippen molar-refractivity contribution >= 4 is 64.9 Å². The molecule has 0 bridgehead atoms. The molecule has 0 unspecified atom stereocenters. The Balaban J connectivity index is 1.26. The van der Waals surface area contributed by atoms with Crippen molar-refractivity contribution in [1.29, 1.82) is 0 Å². The van der Waals surface area contributed by atoms with Crippen LogP contribution in [-0.4, -0.2) is 4.57 Å². The molecule has 0 N–H and O–H groups in total. The van der Waals surface area contributed by atoms with E-state index in [1.165, 1.54) is 183 Å². The van der Waals surface area contributed by atoms with Crippen LogP contribution in [0.4, 0.5) is 0 Å². The molecule has 0 fully saturated rings. The zero-order valence-corrected chi connectivity index (χ0v) is 44.5. The van der Waals surface area contributed by atoms with Gasteiger partial charge in [0.25, 0.3) is 0 Å². The van der Waals surface area contributed by atoms with Crippen molar-refractivity contribution in [3.05, 3.63) is 222 Å². The van der Waals surface area contributed by atoms with E-state index < -0.39 is 0 Å². The van der Waals surface area contributed by atoms with Crippen LogP contribution in [0.1, 0.15) is 101 Å². The minimum atomic E-state index is 1.10. The van der Waals surface area contributed by atoms with Crippen LogP contribution in [0.25, 0.3) is 115 Å². The standard InChI is InChI=1S/C74H69N/c1-5-9-20-50-30-38-54(39-31-50)63-46-67-65(56-42-34-52(35-43-56)22-11-7-3)48-69-73(71(67)61-28-18-16-26-59(61)63)74-70(75(69)58-24-14-13-15-25-58)49-66(57-44-36-53(37-45-57)23-12-8-4)68-47-64(60-27-17-19-29-62(60)72(68)74)55-40-32-51(33-41-55)21-10-6-2/h13-19,24-49H,5-12,20-23H2,1-4H3. The summed E-state index contributed by atoms with van der Waals surface area (Å²) in [5.74, 6) is 0. The number of aryl methyl sites for hydroxylation is 4. The summed E-state index contributed by atoms with van der Waals surface area (Å²) in [6, 6.07) is 77.8. The summed E-state index contributed by atoms with van der Waals surface area (Å²) >= 11 is 0. The fourth-order valence-corrected chi connectivity index (χ4v) is 12.3. The molecule has 12 aromatic rings. The average molecular weight is 972 g/mol. The van der Waals surface area contributed by atoms with E-state index in [-0.39, 0.29) is 0 Å². The molecular weight excluding hydrogens is 903 g/mol. The molecule has 1 heterocycles. The summed E-state index contributed by atoms with van der Waals surface area (Å²) in [6.07, 6.45) is 14.0. The fourth-order valence-electron chi connectivity index (χ4n) is 12.3. The first-order valence-corrected chi connectivity index (χ1v) is 28.3. The first-order valence-electron chi connectivity index (χ1n) is 28.3. The summed E-state index contributed by atoms with van der Waals surface area (Å²) in [5, 5.41) is 12.9. The summed E-state index contributed by atoms with van der Waals surface area (Å²) < 4.78 is 2.59. The quantitative estimate of drug-likeness (QED) is 0.0802. The van der Waals surface area contributed by atoms with E-state index in [9.17, 15) is 0 Å². The van der Waals surface area contributed by atoms with Gasteiger partial charge in [0.05, 0.1) is 11.0 Å². The van der Waals surface area contributed by atoms with Gasteiger partial charge in [0.1, 0.15) is 0 Å². The second kappa shape index (κ2) is 21.2. The van der Waals surface area contributed by atoms with Gasteiger partial charge in [0, 0.05) is 27.2 Å². The van der Waals surface area contributed by atoms with Crippen LogP contribution in [0.15, 0.2) is 200 Å². The highest BCUT2D eigenvalue weighted by molar-refractivity contribution is 6.39. The highest BCUT2D eigenvalue weighted by Crippen LogP contribution is 2.51. The number of fused-ring (bicyclic) bond motifs is 11. The van der Waals surface area contributed by atoms with Crippen molar-refractivity contribution in [3.8, 4) is 50.2 Å². The van der Waals surface area contributed by atoms with Gasteiger partial charge in [-0.3, -0.25) is 0 Å². The number of hydrogen-bond donors (Lipinski definition) is 0. The zero-order chi connectivity index (χ0) is 50.8. The molecule has 75 heavy (non-hydrogen) atoms. The van der Waals surface area contributed by atoms with Gasteiger partial charge in [-0.1, -0.05) is 217 Å². The number of rotatable bonds is 17. The molecule has 0 amide bonds. The van der Waals surface area contributed by atoms with Crippen LogP contribution in [0.2, 0.25) is 0 Å². The van der Waals surface area contributed by atoms with E-state index in [1.807, 2.05) is 0 Å². The molecule has 0 aliphatic heterocycles. The third-order valence-electron chi connectivity index (χ3n) is 16.3. The van der Waals surface area contributed by atoms with E-state index >= 15 is 0 Å². The van der Waals surface area contributed by atoms with E-state index in [0.29, 0.717) is 0 Å². The summed E-state index contributed by atoms with van der Waals surface area (Å²) in [6.45, 7) is 9.13. The predicted molar refractivity (Wildman–Crippen MR) is 327 cm³/mol. The molecule has 0 spiro atoms. The molecule has 12 rings (SSSR count). The number of unbranched alkanes of at least 4 members (excludes halogenated alkanes) is 4. The van der Waals surface area contributed by atoms with Gasteiger partial charge in [-0.2, -0.15) is 0 Å². The lowest BCUT2D eigenvalue weighted by atomic mass is 9.84. The number of hydrogen-bond acceptors (Lipinski definition) is 0. The monoisotopic (exact) mass is 972 g/mol. The molecule has 1 nitrogen and oxygen atoms in total. The Morgan fingerprint density at radius 3 is 0.880 bits per heavy atom. The van der Waals surface area contributed by atoms with Crippen molar-refractivity contribution in [2.45, 2.75) is 105 Å². The van der Waals surface area contributed by atoms with Gasteiger partial charge in [0.15, 0.2) is 0 Å². The normalized spacial score (nSPS) is 11.8. The SMILES string of the molecule is CCCCc1ccc(-c2cc3c(-c4ccc(CCCC)cc4)cc4c(c3c3ccccc23)c2c3c(cc(-c5ccc(CCCC)cc5)c5ccccc53)c(-c3ccc(CCCC)cc3)cc2n4-c2ccccc2)cc1. The van der Waals surface area contributed by atoms with Crippen molar-refractivity contribution in [2.24, 2.45) is 0 Å². The molecule has 1 heteroatoms. The minimum absolute atomic E-state index is 1.10. The summed E-state index contributed by atoms with van der Waals surface area (Å²) in [4.78, 5) is 0.